The molecule has 0 fully saturated rings. The van der Waals surface area contributed by atoms with E-state index in [1.165, 1.54) is 6.42 Å². The van der Waals surface area contributed by atoms with Gasteiger partial charge < -0.3 is 10.6 Å². The third kappa shape index (κ3) is 1.42. The lowest BCUT2D eigenvalue weighted by molar-refractivity contribution is 0.461. The molecular formula is C6H13N3. The lowest BCUT2D eigenvalue weighted by atomic mass is 10.3. The van der Waals surface area contributed by atoms with Gasteiger partial charge in [0.1, 0.15) is 5.84 Å². The molecule has 1 aliphatic heterocycles. The molecule has 0 spiro atoms. The van der Waals surface area contributed by atoms with Crippen LogP contribution in [-0.2, 0) is 0 Å². The summed E-state index contributed by atoms with van der Waals surface area (Å²) in [5.41, 5.74) is 5.42. The van der Waals surface area contributed by atoms with E-state index in [4.69, 9.17) is 5.73 Å². The molecule has 0 unspecified atom stereocenters. The van der Waals surface area contributed by atoms with Crippen molar-refractivity contribution in [2.24, 2.45) is 10.7 Å². The van der Waals surface area contributed by atoms with E-state index >= 15 is 0 Å². The Bertz CT molecular complexity index is 119. The van der Waals surface area contributed by atoms with Gasteiger partial charge >= 0.3 is 0 Å². The van der Waals surface area contributed by atoms with Gasteiger partial charge in [0, 0.05) is 20.1 Å². The van der Waals surface area contributed by atoms with Crippen LogP contribution in [0.5, 0.6) is 0 Å². The summed E-state index contributed by atoms with van der Waals surface area (Å²) in [4.78, 5) is 6.36. The lowest BCUT2D eigenvalue weighted by Crippen LogP contribution is -2.36. The summed E-state index contributed by atoms with van der Waals surface area (Å²) in [7, 11) is 2.03. The maximum absolute atomic E-state index is 5.42. The minimum Gasteiger partial charge on any atom is -0.362 e. The molecule has 3 heteroatoms. The highest BCUT2D eigenvalue weighted by Crippen LogP contribution is 1.97. The van der Waals surface area contributed by atoms with Gasteiger partial charge in [-0.3, -0.25) is 4.99 Å². The summed E-state index contributed by atoms with van der Waals surface area (Å²) in [5.74, 6) is 1.04. The third-order valence-corrected chi connectivity index (χ3v) is 1.57. The number of hydrogen-bond donors (Lipinski definition) is 1. The zero-order chi connectivity index (χ0) is 6.69. The van der Waals surface area contributed by atoms with Crippen LogP contribution >= 0.6 is 0 Å². The largest absolute Gasteiger partial charge is 0.362 e. The second-order valence-electron chi connectivity index (χ2n) is 2.28. The van der Waals surface area contributed by atoms with Crippen LogP contribution in [0.3, 0.4) is 0 Å². The molecule has 9 heavy (non-hydrogen) atoms. The van der Waals surface area contributed by atoms with E-state index in [0.717, 1.165) is 18.9 Å². The number of nitrogens with two attached hydrogens (primary N) is 1. The van der Waals surface area contributed by atoms with Gasteiger partial charge in [-0.05, 0) is 6.42 Å². The summed E-state index contributed by atoms with van der Waals surface area (Å²) in [5, 5.41) is 0. The average Bonchev–Trinajstić information content (AvgIpc) is 1.89. The summed E-state index contributed by atoms with van der Waals surface area (Å²) >= 11 is 0. The van der Waals surface area contributed by atoms with Crippen LogP contribution in [-0.4, -0.2) is 37.4 Å². The summed E-state index contributed by atoms with van der Waals surface area (Å²) in [6.45, 7) is 2.64. The molecule has 1 heterocycles. The van der Waals surface area contributed by atoms with Gasteiger partial charge in [-0.25, -0.2) is 0 Å². The second-order valence-corrected chi connectivity index (χ2v) is 2.28. The number of rotatable bonds is 1. The highest BCUT2D eigenvalue weighted by molar-refractivity contribution is 5.84. The number of aliphatic imine (C=N–C) groups is 1. The molecule has 2 N–H and O–H groups in total. The van der Waals surface area contributed by atoms with Crippen molar-refractivity contribution in [1.29, 1.82) is 0 Å². The van der Waals surface area contributed by atoms with Gasteiger partial charge in [0.2, 0.25) is 0 Å². The van der Waals surface area contributed by atoms with Crippen LogP contribution in [0.25, 0.3) is 0 Å². The van der Waals surface area contributed by atoms with Gasteiger partial charge in [-0.1, -0.05) is 0 Å². The molecule has 1 aliphatic rings. The van der Waals surface area contributed by atoms with E-state index in [9.17, 15) is 0 Å². The summed E-state index contributed by atoms with van der Waals surface area (Å²) in [6.07, 6.45) is 1.17. The van der Waals surface area contributed by atoms with Gasteiger partial charge in [-0.15, -0.1) is 0 Å². The van der Waals surface area contributed by atoms with Crippen molar-refractivity contribution in [2.45, 2.75) is 6.42 Å². The Labute approximate surface area is 55.6 Å². The SMILES string of the molecule is CN1CCCN=C1CN. The van der Waals surface area contributed by atoms with Crippen molar-refractivity contribution >= 4 is 5.84 Å². The van der Waals surface area contributed by atoms with Crippen molar-refractivity contribution in [2.75, 3.05) is 26.7 Å². The normalized spacial score (nSPS) is 19.8. The Balaban J connectivity index is 2.53. The molecule has 0 aliphatic carbocycles. The standard InChI is InChI=1S/C6H13N3/c1-9-4-2-3-8-6(9)5-7/h2-5,7H2,1H3. The first-order chi connectivity index (χ1) is 4.34. The van der Waals surface area contributed by atoms with Crippen LogP contribution < -0.4 is 5.73 Å². The first kappa shape index (κ1) is 6.55. The zero-order valence-electron chi connectivity index (χ0n) is 5.80. The first-order valence-electron chi connectivity index (χ1n) is 3.29. The Morgan fingerprint density at radius 3 is 3.00 bits per heavy atom. The summed E-state index contributed by atoms with van der Waals surface area (Å²) in [6, 6.07) is 0. The fraction of sp³-hybridized carbons (Fsp3) is 0.833. The Morgan fingerprint density at radius 1 is 1.78 bits per heavy atom. The molecular weight excluding hydrogens is 114 g/mol. The van der Waals surface area contributed by atoms with Crippen molar-refractivity contribution in [3.8, 4) is 0 Å². The quantitative estimate of drug-likeness (QED) is 0.524. The van der Waals surface area contributed by atoms with Crippen LogP contribution in [0.2, 0.25) is 0 Å². The molecule has 1 rings (SSSR count). The van der Waals surface area contributed by atoms with Crippen molar-refractivity contribution < 1.29 is 0 Å². The fourth-order valence-corrected chi connectivity index (χ4v) is 0.986. The van der Waals surface area contributed by atoms with Gasteiger partial charge in [0.25, 0.3) is 0 Å². The maximum Gasteiger partial charge on any atom is 0.112 e. The van der Waals surface area contributed by atoms with Crippen molar-refractivity contribution in [3.05, 3.63) is 0 Å². The van der Waals surface area contributed by atoms with Crippen molar-refractivity contribution in [1.82, 2.24) is 4.90 Å². The maximum atomic E-state index is 5.42. The molecule has 0 atom stereocenters. The Hall–Kier alpha value is -0.570. The molecule has 0 saturated heterocycles. The smallest absolute Gasteiger partial charge is 0.112 e. The lowest BCUT2D eigenvalue weighted by Gasteiger charge is -2.23. The fourth-order valence-electron chi connectivity index (χ4n) is 0.986. The number of hydrogen-bond acceptors (Lipinski definition) is 3. The minimum atomic E-state index is 0.580. The molecule has 0 aromatic rings. The van der Waals surface area contributed by atoms with E-state index in [1.807, 2.05) is 7.05 Å². The molecule has 0 radical (unpaired) electrons. The number of likely N-dealkylation sites (N-methyl/N-ethyl adjacent to an activating group) is 1. The van der Waals surface area contributed by atoms with Crippen LogP contribution in [0, 0.1) is 0 Å². The topological polar surface area (TPSA) is 41.6 Å². The molecule has 3 nitrogen and oxygen atoms in total. The van der Waals surface area contributed by atoms with Crippen molar-refractivity contribution in [3.63, 3.8) is 0 Å². The van der Waals surface area contributed by atoms with E-state index in [0.29, 0.717) is 6.54 Å². The Kier molecular flexibility index (Phi) is 2.05. The highest BCUT2D eigenvalue weighted by Gasteiger charge is 2.07. The molecule has 0 saturated carbocycles. The van der Waals surface area contributed by atoms with Crippen LogP contribution in [0.1, 0.15) is 6.42 Å². The van der Waals surface area contributed by atoms with Gasteiger partial charge in [-0.2, -0.15) is 0 Å². The van der Waals surface area contributed by atoms with Gasteiger partial charge in [0.05, 0.1) is 6.54 Å². The number of nitrogens with zero attached hydrogens (tertiary/aromatic N) is 2. The average molecular weight is 127 g/mol. The van der Waals surface area contributed by atoms with E-state index in [-0.39, 0.29) is 0 Å². The zero-order valence-corrected chi connectivity index (χ0v) is 5.80. The number of amidine groups is 1. The van der Waals surface area contributed by atoms with E-state index in [1.54, 1.807) is 0 Å². The molecule has 0 aromatic carbocycles. The molecule has 0 amide bonds. The monoisotopic (exact) mass is 127 g/mol. The third-order valence-electron chi connectivity index (χ3n) is 1.57. The predicted molar refractivity (Wildman–Crippen MR) is 38.6 cm³/mol. The van der Waals surface area contributed by atoms with Crippen LogP contribution in [0.15, 0.2) is 4.99 Å². The molecule has 52 valence electrons. The van der Waals surface area contributed by atoms with E-state index < -0.39 is 0 Å². The summed E-state index contributed by atoms with van der Waals surface area (Å²) < 4.78 is 0. The molecule has 0 bridgehead atoms. The first-order valence-corrected chi connectivity index (χ1v) is 3.29. The van der Waals surface area contributed by atoms with Gasteiger partial charge in [0.15, 0.2) is 0 Å². The van der Waals surface area contributed by atoms with Crippen LogP contribution in [0.4, 0.5) is 0 Å². The molecule has 0 aromatic heterocycles. The minimum absolute atomic E-state index is 0.580. The second kappa shape index (κ2) is 2.82. The predicted octanol–water partition coefficient (Wildman–Crippen LogP) is -0.321. The Morgan fingerprint density at radius 2 is 2.56 bits per heavy atom. The van der Waals surface area contributed by atoms with E-state index in [2.05, 4.69) is 9.89 Å². The highest BCUT2D eigenvalue weighted by atomic mass is 15.2.